The van der Waals surface area contributed by atoms with Gasteiger partial charge < -0.3 is 78.9 Å². The van der Waals surface area contributed by atoms with E-state index in [1.54, 1.807) is 6.92 Å². The van der Waals surface area contributed by atoms with E-state index in [-0.39, 0.29) is 85.2 Å². The fourth-order valence-electron chi connectivity index (χ4n) is 2.60. The van der Waals surface area contributed by atoms with Crippen molar-refractivity contribution >= 4 is 30.7 Å². The summed E-state index contributed by atoms with van der Waals surface area (Å²) in [6.45, 7) is 20.3. The van der Waals surface area contributed by atoms with Crippen molar-refractivity contribution in [2.75, 3.05) is 79.3 Å². The molecule has 3 heterocycles. The van der Waals surface area contributed by atoms with Gasteiger partial charge in [0.2, 0.25) is 6.29 Å². The summed E-state index contributed by atoms with van der Waals surface area (Å²) in [5, 5.41) is 14.4. The number of aliphatic hydroxyl groups excluding tert-OH is 1. The molecule has 3 fully saturated rings. The van der Waals surface area contributed by atoms with Crippen molar-refractivity contribution < 1.29 is 138 Å². The van der Waals surface area contributed by atoms with Crippen molar-refractivity contribution in [1.82, 2.24) is 0 Å². The molecule has 0 aromatic carbocycles. The molecule has 3 aliphatic rings. The molecule has 51 heavy (non-hydrogen) atoms. The standard InChI is InChI=1S/C11H16O7.C8H12O5.C7H12O3.C3H4O2.CHO2.BrH.Na/c1-3-10(12)17-8(2)15-5-4-14-6-9-7-16-11(13)18-9;1-2-10-3-4-11-5-7-6-12-8(9)13-7;1-2-8-3-4-9-5-7-6-10-7;1-2-3(4)5;2-1-3;;/h3,8-9H,1,4-7H2,2H3;2,7H,1,3-6H2;2,7H,1,3-6H2;2H,1H2,(H,4,5);(H,2,3);1H;/q;;;;+1;;+1/p-1. The zero-order valence-corrected chi connectivity index (χ0v) is 32.2. The molecule has 4 atom stereocenters. The fraction of sp³-hybridized carbons (Fsp3) is 0.567. The first-order valence-electron chi connectivity index (χ1n) is 14.3. The van der Waals surface area contributed by atoms with E-state index in [1.807, 2.05) is 0 Å². The Morgan fingerprint density at radius 1 is 0.804 bits per heavy atom. The van der Waals surface area contributed by atoms with E-state index in [2.05, 4.69) is 35.8 Å². The van der Waals surface area contributed by atoms with Crippen molar-refractivity contribution in [2.24, 2.45) is 0 Å². The number of carbonyl (C=O) groups excluding carboxylic acids is 3. The number of carbonyl (C=O) groups is 4. The van der Waals surface area contributed by atoms with E-state index in [1.165, 1.54) is 12.5 Å². The summed E-state index contributed by atoms with van der Waals surface area (Å²) in [5.74, 6) is -1.52. The Morgan fingerprint density at radius 3 is 1.51 bits per heavy atom. The van der Waals surface area contributed by atoms with Crippen molar-refractivity contribution in [3.63, 3.8) is 0 Å². The van der Waals surface area contributed by atoms with Gasteiger partial charge in [0.25, 0.3) is 0 Å². The molecule has 3 aliphatic heterocycles. The number of cyclic esters (lactones) is 4. The number of aliphatic carboxylic acids is 1. The monoisotopic (exact) mass is 811 g/mol. The van der Waals surface area contributed by atoms with Crippen molar-refractivity contribution in [3.8, 4) is 0 Å². The Labute approximate surface area is 328 Å². The van der Waals surface area contributed by atoms with Gasteiger partial charge in [-0.05, 0) is 6.92 Å². The van der Waals surface area contributed by atoms with E-state index in [4.69, 9.17) is 62.4 Å². The minimum absolute atomic E-state index is 0. The first-order valence-corrected chi connectivity index (χ1v) is 14.3. The molecule has 3 rings (SSSR count). The van der Waals surface area contributed by atoms with Crippen molar-refractivity contribution in [1.29, 1.82) is 0 Å². The number of carboxylic acid groups (broad SMARTS) is 1. The van der Waals surface area contributed by atoms with Crippen LogP contribution in [0.15, 0.2) is 51.0 Å². The summed E-state index contributed by atoms with van der Waals surface area (Å²) in [6, 6.07) is 0. The van der Waals surface area contributed by atoms with Gasteiger partial charge in [-0.1, -0.05) is 26.3 Å². The summed E-state index contributed by atoms with van der Waals surface area (Å²) in [5.41, 5.74) is 0. The van der Waals surface area contributed by atoms with Gasteiger partial charge in [-0.3, -0.25) is 0 Å². The molecule has 0 aromatic heterocycles. The minimum atomic E-state index is -0.981. The molecule has 21 heteroatoms. The second-order valence-corrected chi connectivity index (χ2v) is 8.57. The summed E-state index contributed by atoms with van der Waals surface area (Å²) < 4.78 is 58.6. The molecule has 0 saturated carbocycles. The normalized spacial score (nSPS) is 17.4. The zero-order valence-electron chi connectivity index (χ0n) is 28.6. The van der Waals surface area contributed by atoms with Gasteiger partial charge in [0.1, 0.15) is 32.5 Å². The van der Waals surface area contributed by atoms with Gasteiger partial charge in [0, 0.05) is 12.2 Å². The van der Waals surface area contributed by atoms with Crippen LogP contribution in [0.2, 0.25) is 0 Å². The molecule has 0 bridgehead atoms. The van der Waals surface area contributed by atoms with E-state index < -0.39 is 30.5 Å². The summed E-state index contributed by atoms with van der Waals surface area (Å²) >= 11 is 0. The van der Waals surface area contributed by atoms with Crippen LogP contribution in [0.25, 0.3) is 0 Å². The smallest absolute Gasteiger partial charge is 1.00 e. The Hall–Kier alpha value is -3.30. The third kappa shape index (κ3) is 41.0. The van der Waals surface area contributed by atoms with Gasteiger partial charge in [-0.2, -0.15) is 0 Å². The van der Waals surface area contributed by atoms with E-state index >= 15 is 0 Å². The van der Waals surface area contributed by atoms with Crippen LogP contribution in [0.1, 0.15) is 6.92 Å². The van der Waals surface area contributed by atoms with Crippen LogP contribution in [-0.2, 0) is 71.2 Å². The van der Waals surface area contributed by atoms with Crippen LogP contribution < -0.4 is 46.5 Å². The summed E-state index contributed by atoms with van der Waals surface area (Å²) in [4.78, 5) is 49.3. The van der Waals surface area contributed by atoms with Crippen LogP contribution in [0.4, 0.5) is 9.59 Å². The molecule has 286 valence electrons. The van der Waals surface area contributed by atoms with Crippen LogP contribution in [0.3, 0.4) is 0 Å². The number of carboxylic acids is 1. The Morgan fingerprint density at radius 2 is 1.20 bits per heavy atom. The molecule has 4 unspecified atom stereocenters. The number of epoxide rings is 1. The number of hydrogen-bond acceptors (Lipinski definition) is 17. The largest absolute Gasteiger partial charge is 1.00 e. The third-order valence-electron chi connectivity index (χ3n) is 4.74. The van der Waals surface area contributed by atoms with E-state index in [9.17, 15) is 19.2 Å². The Bertz CT molecular complexity index is 966. The molecule has 19 nitrogen and oxygen atoms in total. The Balaban J connectivity index is -0.000000296. The predicted molar refractivity (Wildman–Crippen MR) is 165 cm³/mol. The fourth-order valence-corrected chi connectivity index (χ4v) is 2.60. The number of halogens is 1. The Kier molecular flexibility index (Phi) is 42.2. The van der Waals surface area contributed by atoms with Gasteiger partial charge in [-0.15, -0.1) is 0 Å². The van der Waals surface area contributed by atoms with Gasteiger partial charge in [-0.25, -0.2) is 24.3 Å². The second kappa shape index (κ2) is 39.5. The zero-order chi connectivity index (χ0) is 37.1. The topological polar surface area (TPSA) is 240 Å². The maximum Gasteiger partial charge on any atom is 1.00 e. The molecule has 0 aliphatic carbocycles. The third-order valence-corrected chi connectivity index (χ3v) is 4.74. The molecular formula is C30H45BrNaO19+. The quantitative estimate of drug-likeness (QED) is 0.0128. The van der Waals surface area contributed by atoms with Crippen LogP contribution in [-0.4, -0.2) is 145 Å². The van der Waals surface area contributed by atoms with E-state index in [0.717, 1.165) is 18.8 Å². The first kappa shape index (κ1) is 54.5. The summed E-state index contributed by atoms with van der Waals surface area (Å²) in [6.07, 6.45) is 2.39. The van der Waals surface area contributed by atoms with Crippen LogP contribution >= 0.6 is 0 Å². The molecule has 3 saturated heterocycles. The maximum absolute atomic E-state index is 10.8. The predicted octanol–water partition coefficient (Wildman–Crippen LogP) is -4.23. The average Bonchev–Trinajstić information content (AvgIpc) is 3.67. The van der Waals surface area contributed by atoms with Crippen molar-refractivity contribution in [3.05, 3.63) is 51.0 Å². The van der Waals surface area contributed by atoms with Crippen molar-refractivity contribution in [2.45, 2.75) is 31.5 Å². The van der Waals surface area contributed by atoms with Gasteiger partial charge in [0.05, 0.1) is 70.2 Å². The average molecular weight is 813 g/mol. The molecule has 0 spiro atoms. The maximum atomic E-state index is 10.8. The second-order valence-electron chi connectivity index (χ2n) is 8.57. The van der Waals surface area contributed by atoms with Gasteiger partial charge >= 0.3 is 60.3 Å². The first-order chi connectivity index (χ1) is 23.6. The van der Waals surface area contributed by atoms with Crippen LogP contribution in [0.5, 0.6) is 0 Å². The van der Waals surface area contributed by atoms with Crippen LogP contribution in [0, 0.1) is 0 Å². The summed E-state index contributed by atoms with van der Waals surface area (Å²) in [7, 11) is 0. The number of hydrogen-bond donors (Lipinski definition) is 2. The molecule has 2 N–H and O–H groups in total. The molecule has 0 radical (unpaired) electrons. The minimum Gasteiger partial charge on any atom is -1.00 e. The molecular weight excluding hydrogens is 767 g/mol. The van der Waals surface area contributed by atoms with Gasteiger partial charge in [0.15, 0.2) is 12.2 Å². The van der Waals surface area contributed by atoms with E-state index in [0.29, 0.717) is 58.8 Å². The number of esters is 1. The number of rotatable bonds is 21. The molecule has 0 aromatic rings. The molecule has 0 amide bonds. The number of ether oxygens (including phenoxy) is 12. The SMILES string of the molecule is C=CC(=O)O.C=CC(=O)OC(C)OCCOCC1COC(=O)O1.C=COCCOCC1CO1.C=COCCOCC1COC(=O)O1.O=[C+]O.[Br-].[Na+].